The number of rotatable bonds is 4. The van der Waals surface area contributed by atoms with Crippen molar-refractivity contribution in [3.05, 3.63) is 82.2 Å². The first-order valence-corrected chi connectivity index (χ1v) is 7.75. The maximum Gasteiger partial charge on any atom is 0.134 e. The molecule has 4 heteroatoms. The minimum absolute atomic E-state index is 0.743. The molecule has 0 saturated heterocycles. The van der Waals surface area contributed by atoms with Crippen LogP contribution in [-0.4, -0.2) is 9.97 Å². The van der Waals surface area contributed by atoms with Crippen molar-refractivity contribution in [1.82, 2.24) is 9.97 Å². The zero-order chi connectivity index (χ0) is 14.5. The van der Waals surface area contributed by atoms with Crippen molar-refractivity contribution in [2.45, 2.75) is 6.54 Å². The third kappa shape index (κ3) is 3.39. The van der Waals surface area contributed by atoms with Gasteiger partial charge in [0.2, 0.25) is 0 Å². The van der Waals surface area contributed by atoms with E-state index in [2.05, 4.69) is 61.7 Å². The van der Waals surface area contributed by atoms with E-state index in [-0.39, 0.29) is 0 Å². The molecular formula is C17H14IN3. The lowest BCUT2D eigenvalue weighted by Gasteiger charge is -2.23. The Morgan fingerprint density at radius 2 is 1.33 bits per heavy atom. The van der Waals surface area contributed by atoms with Crippen LogP contribution in [-0.2, 0) is 6.54 Å². The van der Waals surface area contributed by atoms with Crippen LogP contribution in [0, 0.1) is 3.57 Å². The highest BCUT2D eigenvalue weighted by molar-refractivity contribution is 14.1. The molecule has 104 valence electrons. The summed E-state index contributed by atoms with van der Waals surface area (Å²) in [5, 5.41) is 0. The maximum absolute atomic E-state index is 4.46. The molecular weight excluding hydrogens is 373 g/mol. The van der Waals surface area contributed by atoms with Gasteiger partial charge in [-0.2, -0.15) is 0 Å². The summed E-state index contributed by atoms with van der Waals surface area (Å²) >= 11 is 2.37. The van der Waals surface area contributed by atoms with E-state index in [1.807, 2.05) is 36.4 Å². The molecule has 0 aliphatic carbocycles. The lowest BCUT2D eigenvalue weighted by molar-refractivity contribution is 0.918. The lowest BCUT2D eigenvalue weighted by atomic mass is 10.2. The van der Waals surface area contributed by atoms with Gasteiger partial charge in [-0.15, -0.1) is 0 Å². The minimum Gasteiger partial charge on any atom is -0.306 e. The van der Waals surface area contributed by atoms with Crippen LogP contribution in [0.15, 0.2) is 73.1 Å². The number of halogens is 1. The molecule has 2 heterocycles. The summed E-state index contributed by atoms with van der Waals surface area (Å²) in [6.07, 6.45) is 3.61. The molecule has 0 saturated carbocycles. The Kier molecular flexibility index (Phi) is 4.45. The average Bonchev–Trinajstić information content (AvgIpc) is 2.56. The van der Waals surface area contributed by atoms with Crippen LogP contribution in [0.5, 0.6) is 0 Å². The molecule has 0 N–H and O–H groups in total. The summed E-state index contributed by atoms with van der Waals surface area (Å²) < 4.78 is 1.24. The Morgan fingerprint density at radius 1 is 0.762 bits per heavy atom. The van der Waals surface area contributed by atoms with E-state index >= 15 is 0 Å². The van der Waals surface area contributed by atoms with Gasteiger partial charge >= 0.3 is 0 Å². The van der Waals surface area contributed by atoms with Crippen LogP contribution in [0.25, 0.3) is 0 Å². The number of anilines is 2. The smallest absolute Gasteiger partial charge is 0.134 e. The molecule has 0 unspecified atom stereocenters. The molecule has 3 aromatic rings. The number of hydrogen-bond acceptors (Lipinski definition) is 3. The SMILES string of the molecule is Ic1ccccc1CN(c1ccccn1)c1ccccn1. The van der Waals surface area contributed by atoms with Gasteiger partial charge in [0.1, 0.15) is 11.6 Å². The second-order valence-corrected chi connectivity index (χ2v) is 5.72. The molecule has 0 radical (unpaired) electrons. The number of aromatic nitrogens is 2. The van der Waals surface area contributed by atoms with E-state index in [0.717, 1.165) is 18.2 Å². The third-order valence-electron chi connectivity index (χ3n) is 3.14. The molecule has 0 fully saturated rings. The number of hydrogen-bond donors (Lipinski definition) is 0. The summed E-state index contributed by atoms with van der Waals surface area (Å²) in [6.45, 7) is 0.743. The fraction of sp³-hybridized carbons (Fsp3) is 0.0588. The van der Waals surface area contributed by atoms with E-state index in [9.17, 15) is 0 Å². The fourth-order valence-electron chi connectivity index (χ4n) is 2.10. The highest BCUT2D eigenvalue weighted by atomic mass is 127. The number of nitrogens with zero attached hydrogens (tertiary/aromatic N) is 3. The van der Waals surface area contributed by atoms with E-state index in [0.29, 0.717) is 0 Å². The highest BCUT2D eigenvalue weighted by Crippen LogP contribution is 2.25. The van der Waals surface area contributed by atoms with Crippen molar-refractivity contribution in [1.29, 1.82) is 0 Å². The van der Waals surface area contributed by atoms with Crippen molar-refractivity contribution in [3.8, 4) is 0 Å². The predicted octanol–water partition coefficient (Wildman–Crippen LogP) is 4.42. The molecule has 0 atom stereocenters. The molecule has 3 rings (SSSR count). The van der Waals surface area contributed by atoms with E-state index in [1.165, 1.54) is 9.13 Å². The zero-order valence-electron chi connectivity index (χ0n) is 11.4. The first-order valence-electron chi connectivity index (χ1n) is 6.67. The quantitative estimate of drug-likeness (QED) is 0.621. The minimum atomic E-state index is 0.743. The molecule has 0 amide bonds. The van der Waals surface area contributed by atoms with Crippen LogP contribution in [0.1, 0.15) is 5.56 Å². The molecule has 0 spiro atoms. The second-order valence-electron chi connectivity index (χ2n) is 4.55. The van der Waals surface area contributed by atoms with Gasteiger partial charge in [0.25, 0.3) is 0 Å². The van der Waals surface area contributed by atoms with Crippen molar-refractivity contribution in [2.75, 3.05) is 4.90 Å². The van der Waals surface area contributed by atoms with Gasteiger partial charge in [-0.25, -0.2) is 9.97 Å². The Labute approximate surface area is 137 Å². The van der Waals surface area contributed by atoms with E-state index < -0.39 is 0 Å². The molecule has 0 bridgehead atoms. The van der Waals surface area contributed by atoms with Crippen LogP contribution in [0.2, 0.25) is 0 Å². The maximum atomic E-state index is 4.46. The highest BCUT2D eigenvalue weighted by Gasteiger charge is 2.13. The molecule has 1 aromatic carbocycles. The zero-order valence-corrected chi connectivity index (χ0v) is 13.5. The fourth-order valence-corrected chi connectivity index (χ4v) is 2.66. The molecule has 0 aliphatic rings. The first-order chi connectivity index (χ1) is 10.3. The summed E-state index contributed by atoms with van der Waals surface area (Å²) in [5.74, 6) is 1.80. The van der Waals surface area contributed by atoms with Crippen molar-refractivity contribution in [2.24, 2.45) is 0 Å². The average molecular weight is 387 g/mol. The standard InChI is InChI=1S/C17H14IN3/c18-15-8-2-1-7-14(15)13-21(16-9-3-5-11-19-16)17-10-4-6-12-20-17/h1-12H,13H2. The first kappa shape index (κ1) is 14.0. The summed E-state index contributed by atoms with van der Waals surface area (Å²) in [6, 6.07) is 20.2. The number of benzene rings is 1. The van der Waals surface area contributed by atoms with Gasteiger partial charge < -0.3 is 4.90 Å². The largest absolute Gasteiger partial charge is 0.306 e. The topological polar surface area (TPSA) is 29.0 Å². The van der Waals surface area contributed by atoms with Crippen LogP contribution in [0.4, 0.5) is 11.6 Å². The molecule has 2 aromatic heterocycles. The predicted molar refractivity (Wildman–Crippen MR) is 93.5 cm³/mol. The Hall–Kier alpha value is -1.95. The molecule has 0 aliphatic heterocycles. The Morgan fingerprint density at radius 3 is 1.86 bits per heavy atom. The normalized spacial score (nSPS) is 10.3. The van der Waals surface area contributed by atoms with Gasteiger partial charge in [0.05, 0.1) is 6.54 Å². The molecule has 21 heavy (non-hydrogen) atoms. The van der Waals surface area contributed by atoms with Gasteiger partial charge in [-0.1, -0.05) is 30.3 Å². The van der Waals surface area contributed by atoms with Crippen molar-refractivity contribution in [3.63, 3.8) is 0 Å². The van der Waals surface area contributed by atoms with E-state index in [4.69, 9.17) is 0 Å². The number of pyridine rings is 2. The van der Waals surface area contributed by atoms with E-state index in [1.54, 1.807) is 12.4 Å². The van der Waals surface area contributed by atoms with Gasteiger partial charge in [-0.05, 0) is 58.5 Å². The van der Waals surface area contributed by atoms with Crippen LogP contribution in [0.3, 0.4) is 0 Å². The summed E-state index contributed by atoms with van der Waals surface area (Å²) in [7, 11) is 0. The van der Waals surface area contributed by atoms with Gasteiger partial charge in [-0.3, -0.25) is 0 Å². The second kappa shape index (κ2) is 6.67. The summed E-state index contributed by atoms with van der Waals surface area (Å²) in [4.78, 5) is 11.1. The van der Waals surface area contributed by atoms with Gasteiger partial charge in [0.15, 0.2) is 0 Å². The van der Waals surface area contributed by atoms with Crippen molar-refractivity contribution < 1.29 is 0 Å². The lowest BCUT2D eigenvalue weighted by Crippen LogP contribution is -2.19. The Bertz CT molecular complexity index is 662. The van der Waals surface area contributed by atoms with Gasteiger partial charge in [0, 0.05) is 16.0 Å². The Balaban J connectivity index is 1.99. The van der Waals surface area contributed by atoms with Crippen LogP contribution < -0.4 is 4.90 Å². The van der Waals surface area contributed by atoms with Crippen molar-refractivity contribution >= 4 is 34.2 Å². The summed E-state index contributed by atoms with van der Waals surface area (Å²) in [5.41, 5.74) is 1.26. The van der Waals surface area contributed by atoms with Crippen LogP contribution >= 0.6 is 22.6 Å². The monoisotopic (exact) mass is 387 g/mol. The third-order valence-corrected chi connectivity index (χ3v) is 4.19. The molecule has 3 nitrogen and oxygen atoms in total.